The van der Waals surface area contributed by atoms with Gasteiger partial charge >= 0.3 is 13.2 Å². The maximum absolute atomic E-state index is 13.9. The van der Waals surface area contributed by atoms with Gasteiger partial charge in [-0.1, -0.05) is 42.5 Å². The number of halogens is 2. The Balaban J connectivity index is 1.39. The Hall–Kier alpha value is -3.27. The molecule has 3 N–H and O–H groups in total. The maximum Gasteiger partial charge on any atom is 0.475 e. The van der Waals surface area contributed by atoms with Crippen LogP contribution in [0.2, 0.25) is 0 Å². The number of carbonyl (C=O) groups excluding carboxylic acids is 2. The number of carbonyl (C=O) groups is 2. The average molecular weight is 599 g/mol. The second-order valence-electron chi connectivity index (χ2n) is 12.7. The van der Waals surface area contributed by atoms with Crippen LogP contribution in [0, 0.1) is 16.7 Å². The molecule has 0 saturated carbocycles. The summed E-state index contributed by atoms with van der Waals surface area (Å²) < 4.78 is 33.3. The van der Waals surface area contributed by atoms with E-state index in [0.717, 1.165) is 29.2 Å². The molecule has 2 heterocycles. The molecule has 2 aromatic carbocycles. The monoisotopic (exact) mass is 598 g/mol. The molecule has 0 spiro atoms. The summed E-state index contributed by atoms with van der Waals surface area (Å²) >= 11 is 0. The topological polar surface area (TPSA) is 126 Å². The smallest absolute Gasteiger partial charge is 0.447 e. The summed E-state index contributed by atoms with van der Waals surface area (Å²) in [6.45, 7) is 5.14. The summed E-state index contributed by atoms with van der Waals surface area (Å²) in [5.74, 6) is -4.24. The van der Waals surface area contributed by atoms with Crippen LogP contribution in [-0.4, -0.2) is 88.7 Å². The highest BCUT2D eigenvalue weighted by molar-refractivity contribution is 6.43. The molecule has 0 aliphatic carbocycles. The number of alkyl carbamates (subject to hydrolysis) is 1. The number of hydrogen-bond donors (Lipinski definition) is 3. The summed E-state index contributed by atoms with van der Waals surface area (Å²) in [7, 11) is -1.84. The van der Waals surface area contributed by atoms with Crippen LogP contribution in [0.4, 0.5) is 13.6 Å². The van der Waals surface area contributed by atoms with Gasteiger partial charge in [0.2, 0.25) is 5.91 Å². The van der Waals surface area contributed by atoms with Crippen molar-refractivity contribution >= 4 is 29.9 Å². The second-order valence-corrected chi connectivity index (χ2v) is 12.7. The lowest BCUT2D eigenvalue weighted by molar-refractivity contribution is -0.145. The molecule has 2 aliphatic heterocycles. The molecule has 9 nitrogen and oxygen atoms in total. The first-order valence-electron chi connectivity index (χ1n) is 14.9. The Labute approximate surface area is 251 Å². The van der Waals surface area contributed by atoms with Crippen molar-refractivity contribution in [3.8, 4) is 6.07 Å². The van der Waals surface area contributed by atoms with Crippen LogP contribution in [0.15, 0.2) is 42.5 Å². The molecule has 232 valence electrons. The number of nitriles is 1. The highest BCUT2D eigenvalue weighted by Crippen LogP contribution is 2.39. The van der Waals surface area contributed by atoms with Crippen molar-refractivity contribution in [3.63, 3.8) is 0 Å². The van der Waals surface area contributed by atoms with Crippen molar-refractivity contribution in [1.82, 2.24) is 15.1 Å². The molecule has 2 saturated heterocycles. The van der Waals surface area contributed by atoms with Crippen LogP contribution in [0.1, 0.15) is 58.4 Å². The Morgan fingerprint density at radius 3 is 2.56 bits per heavy atom. The molecule has 2 fully saturated rings. The molecule has 0 aromatic heterocycles. The quantitative estimate of drug-likeness (QED) is 0.354. The molecule has 2 aromatic rings. The molecule has 4 rings (SSSR count). The largest absolute Gasteiger partial charge is 0.475 e. The van der Waals surface area contributed by atoms with Crippen molar-refractivity contribution in [1.29, 1.82) is 5.26 Å². The lowest BCUT2D eigenvalue weighted by Gasteiger charge is -2.43. The number of nitrogens with one attached hydrogen (secondary N) is 1. The van der Waals surface area contributed by atoms with Gasteiger partial charge in [-0.25, -0.2) is 13.6 Å². The number of rotatable bonds is 10. The number of amides is 2. The Bertz CT molecular complexity index is 1350. The fourth-order valence-electron chi connectivity index (χ4n) is 6.45. The van der Waals surface area contributed by atoms with E-state index >= 15 is 0 Å². The first kappa shape index (κ1) is 32.6. The molecule has 2 amide bonds. The van der Waals surface area contributed by atoms with Gasteiger partial charge in [0.25, 0.3) is 5.92 Å². The third kappa shape index (κ3) is 7.82. The van der Waals surface area contributed by atoms with Crippen molar-refractivity contribution in [2.45, 2.75) is 82.7 Å². The molecule has 1 unspecified atom stereocenters. The van der Waals surface area contributed by atoms with Crippen LogP contribution >= 0.6 is 0 Å². The van der Waals surface area contributed by atoms with E-state index < -0.39 is 54.5 Å². The molecular weight excluding hydrogens is 557 g/mol. The number of nitrogens with zero attached hydrogens (tertiary/aromatic N) is 3. The zero-order chi connectivity index (χ0) is 31.4. The zero-order valence-electron chi connectivity index (χ0n) is 25.1. The third-order valence-corrected chi connectivity index (χ3v) is 8.81. The molecule has 12 heteroatoms. The van der Waals surface area contributed by atoms with E-state index in [1.54, 1.807) is 30.6 Å². The summed E-state index contributed by atoms with van der Waals surface area (Å²) in [6.07, 6.45) is 1.21. The fourth-order valence-corrected chi connectivity index (χ4v) is 6.45. The van der Waals surface area contributed by atoms with Gasteiger partial charge in [0.05, 0.1) is 24.6 Å². The van der Waals surface area contributed by atoms with Crippen molar-refractivity contribution in [2.24, 2.45) is 5.41 Å². The highest BCUT2D eigenvalue weighted by atomic mass is 19.3. The van der Waals surface area contributed by atoms with Crippen LogP contribution in [0.25, 0.3) is 10.8 Å². The number of likely N-dealkylation sites (tertiary alicyclic amines) is 2. The Morgan fingerprint density at radius 2 is 1.88 bits per heavy atom. The second kappa shape index (κ2) is 13.2. The molecular formula is C31H41BF2N4O5. The number of fused-ring (bicyclic) bond motifs is 1. The maximum atomic E-state index is 13.9. The van der Waals surface area contributed by atoms with Crippen LogP contribution < -0.4 is 5.32 Å². The van der Waals surface area contributed by atoms with Crippen molar-refractivity contribution in [2.75, 3.05) is 26.2 Å². The van der Waals surface area contributed by atoms with Crippen molar-refractivity contribution in [3.05, 3.63) is 48.0 Å². The predicted octanol–water partition coefficient (Wildman–Crippen LogP) is 3.91. The van der Waals surface area contributed by atoms with E-state index in [9.17, 15) is 33.7 Å². The minimum Gasteiger partial charge on any atom is -0.447 e. The SMILES string of the molecule is CC(C#N)(CC(C)(C)N1CCC(F)(F)C1)C(=O)N1CCCC[C@@H]1COC(=O)N[C@@H](Cc1cccc2ccccc12)B(O)O. The summed E-state index contributed by atoms with van der Waals surface area (Å²) in [5.41, 5.74) is -1.45. The van der Waals surface area contributed by atoms with E-state index in [1.807, 2.05) is 42.5 Å². The first-order valence-corrected chi connectivity index (χ1v) is 14.9. The summed E-state index contributed by atoms with van der Waals surface area (Å²) in [5, 5.41) is 34.6. The molecule has 0 radical (unpaired) electrons. The number of hydrogen-bond acceptors (Lipinski definition) is 7. The number of alkyl halides is 2. The fraction of sp³-hybridized carbons (Fsp3) is 0.581. The minimum absolute atomic E-state index is 0.0697. The van der Waals surface area contributed by atoms with E-state index in [0.29, 0.717) is 13.0 Å². The zero-order valence-corrected chi connectivity index (χ0v) is 25.1. The molecule has 43 heavy (non-hydrogen) atoms. The van der Waals surface area contributed by atoms with E-state index in [2.05, 4.69) is 11.4 Å². The lowest BCUT2D eigenvalue weighted by Crippen LogP contribution is -2.55. The first-order chi connectivity index (χ1) is 20.2. The van der Waals surface area contributed by atoms with E-state index in [4.69, 9.17) is 4.74 Å². The van der Waals surface area contributed by atoms with Gasteiger partial charge in [-0.05, 0) is 69.2 Å². The average Bonchev–Trinajstić information content (AvgIpc) is 3.35. The minimum atomic E-state index is -2.79. The van der Waals surface area contributed by atoms with Gasteiger partial charge < -0.3 is 25.0 Å². The van der Waals surface area contributed by atoms with Gasteiger partial charge in [-0.3, -0.25) is 9.69 Å². The van der Waals surface area contributed by atoms with Crippen molar-refractivity contribution < 1.29 is 33.2 Å². The summed E-state index contributed by atoms with van der Waals surface area (Å²) in [6, 6.07) is 15.0. The molecule has 2 aliphatic rings. The van der Waals surface area contributed by atoms with E-state index in [-0.39, 0.29) is 32.4 Å². The van der Waals surface area contributed by atoms with Gasteiger partial charge in [0, 0.05) is 25.0 Å². The normalized spacial score (nSPS) is 21.1. The number of benzene rings is 2. The molecule has 0 bridgehead atoms. The standard InChI is InChI=1S/C31H41BF2N4O5/c1-29(2,37-16-14-31(33,34)21-37)19-30(3,20-35)27(39)38-15-7-6-12-24(38)18-43-28(40)36-26(32(41)42)17-23-11-8-10-22-9-4-5-13-25(22)23/h4-5,8-11,13,24,26,41-42H,6-7,12,14-19,21H2,1-3H3,(H,36,40)/t24-,26+,30?/m1/s1. The Kier molecular flexibility index (Phi) is 9.99. The van der Waals surface area contributed by atoms with Gasteiger partial charge in [0.1, 0.15) is 12.0 Å². The van der Waals surface area contributed by atoms with E-state index in [1.165, 1.54) is 0 Å². The van der Waals surface area contributed by atoms with Crippen LogP contribution in [-0.2, 0) is 16.0 Å². The number of piperidine rings is 1. The number of ether oxygens (including phenoxy) is 1. The molecule has 3 atom stereocenters. The van der Waals surface area contributed by atoms with Crippen LogP contribution in [0.5, 0.6) is 0 Å². The highest BCUT2D eigenvalue weighted by Gasteiger charge is 2.49. The predicted molar refractivity (Wildman–Crippen MR) is 159 cm³/mol. The lowest BCUT2D eigenvalue weighted by atomic mass is 9.75. The van der Waals surface area contributed by atoms with Gasteiger partial charge in [0.15, 0.2) is 0 Å². The van der Waals surface area contributed by atoms with Crippen LogP contribution in [0.3, 0.4) is 0 Å². The van der Waals surface area contributed by atoms with Gasteiger partial charge in [-0.2, -0.15) is 5.26 Å². The Morgan fingerprint density at radius 1 is 1.16 bits per heavy atom. The summed E-state index contributed by atoms with van der Waals surface area (Å²) in [4.78, 5) is 29.8. The van der Waals surface area contributed by atoms with Gasteiger partial charge in [-0.15, -0.1) is 0 Å². The third-order valence-electron chi connectivity index (χ3n) is 8.81.